The van der Waals surface area contributed by atoms with Crippen LogP contribution in [0.5, 0.6) is 0 Å². The van der Waals surface area contributed by atoms with Crippen LogP contribution in [0.25, 0.3) is 0 Å². The summed E-state index contributed by atoms with van der Waals surface area (Å²) in [6, 6.07) is 0. The molecule has 0 bridgehead atoms. The van der Waals surface area contributed by atoms with Gasteiger partial charge in [0.1, 0.15) is 0 Å². The molecule has 0 aromatic carbocycles. The fourth-order valence-electron chi connectivity index (χ4n) is 1.62. The van der Waals surface area contributed by atoms with Crippen molar-refractivity contribution in [3.63, 3.8) is 0 Å². The fourth-order valence-corrected chi connectivity index (χ4v) is 1.62. The lowest BCUT2D eigenvalue weighted by atomic mass is 10.0. The van der Waals surface area contributed by atoms with Crippen molar-refractivity contribution in [3.8, 4) is 0 Å². The molecule has 0 rings (SSSR count). The highest BCUT2D eigenvalue weighted by molar-refractivity contribution is 14.0. The van der Waals surface area contributed by atoms with Gasteiger partial charge in [-0.15, -0.1) is 24.0 Å². The number of nitrogens with one attached hydrogen (secondary N) is 2. The normalized spacial score (nSPS) is 11.2. The molecule has 0 aliphatic carbocycles. The van der Waals surface area contributed by atoms with Crippen LogP contribution in [0.3, 0.4) is 0 Å². The Morgan fingerprint density at radius 1 is 1.06 bits per heavy atom. The molecule has 0 saturated heterocycles. The molecule has 0 heterocycles. The molecule has 0 aliphatic rings. The number of hydrogen-bond acceptors (Lipinski definition) is 1. The van der Waals surface area contributed by atoms with E-state index in [1.165, 1.54) is 32.1 Å². The Kier molecular flexibility index (Phi) is 16.0. The standard InChI is InChI=1S/C13H29N3.HI/c1-5-8-9-10-15-13(14-4)16-11-12(6-2)7-3;/h12H,5-11H2,1-4H3,(H2,14,15,16);1H. The lowest BCUT2D eigenvalue weighted by molar-refractivity contribution is 0.481. The first-order valence-electron chi connectivity index (χ1n) is 6.72. The Morgan fingerprint density at radius 3 is 2.18 bits per heavy atom. The van der Waals surface area contributed by atoms with Gasteiger partial charge in [0.05, 0.1) is 0 Å². The van der Waals surface area contributed by atoms with Gasteiger partial charge in [0, 0.05) is 20.1 Å². The number of rotatable bonds is 8. The first-order chi connectivity index (χ1) is 7.78. The van der Waals surface area contributed by atoms with Crippen LogP contribution >= 0.6 is 24.0 Å². The third-order valence-electron chi connectivity index (χ3n) is 3.01. The third kappa shape index (κ3) is 10.9. The minimum atomic E-state index is 0. The summed E-state index contributed by atoms with van der Waals surface area (Å²) in [4.78, 5) is 4.22. The van der Waals surface area contributed by atoms with Gasteiger partial charge in [-0.2, -0.15) is 0 Å². The van der Waals surface area contributed by atoms with E-state index >= 15 is 0 Å². The maximum Gasteiger partial charge on any atom is 0.190 e. The molecule has 0 fully saturated rings. The summed E-state index contributed by atoms with van der Waals surface area (Å²) in [5, 5.41) is 6.73. The smallest absolute Gasteiger partial charge is 0.190 e. The van der Waals surface area contributed by atoms with E-state index in [2.05, 4.69) is 36.4 Å². The minimum absolute atomic E-state index is 0. The zero-order valence-corrected chi connectivity index (χ0v) is 14.2. The number of hydrogen-bond donors (Lipinski definition) is 2. The van der Waals surface area contributed by atoms with Gasteiger partial charge < -0.3 is 10.6 Å². The van der Waals surface area contributed by atoms with Crippen molar-refractivity contribution in [2.45, 2.75) is 52.9 Å². The summed E-state index contributed by atoms with van der Waals surface area (Å²) < 4.78 is 0. The second-order valence-electron chi connectivity index (χ2n) is 4.27. The van der Waals surface area contributed by atoms with Crippen LogP contribution in [-0.4, -0.2) is 26.1 Å². The predicted octanol–water partition coefficient (Wildman–Crippen LogP) is 3.40. The second-order valence-corrected chi connectivity index (χ2v) is 4.27. The van der Waals surface area contributed by atoms with Crippen LogP contribution in [0.1, 0.15) is 52.9 Å². The highest BCUT2D eigenvalue weighted by Crippen LogP contribution is 2.04. The molecule has 0 amide bonds. The predicted molar refractivity (Wildman–Crippen MR) is 88.4 cm³/mol. The molecule has 0 radical (unpaired) electrons. The summed E-state index contributed by atoms with van der Waals surface area (Å²) in [7, 11) is 1.84. The van der Waals surface area contributed by atoms with Crippen LogP contribution in [-0.2, 0) is 0 Å². The molecule has 0 aromatic rings. The van der Waals surface area contributed by atoms with Gasteiger partial charge in [-0.05, 0) is 12.3 Å². The van der Waals surface area contributed by atoms with Crippen LogP contribution in [0.2, 0.25) is 0 Å². The largest absolute Gasteiger partial charge is 0.356 e. The van der Waals surface area contributed by atoms with Gasteiger partial charge in [0.25, 0.3) is 0 Å². The van der Waals surface area contributed by atoms with E-state index in [1.807, 2.05) is 7.05 Å². The van der Waals surface area contributed by atoms with E-state index in [1.54, 1.807) is 0 Å². The zero-order chi connectivity index (χ0) is 12.2. The van der Waals surface area contributed by atoms with E-state index in [0.717, 1.165) is 25.0 Å². The van der Waals surface area contributed by atoms with Gasteiger partial charge >= 0.3 is 0 Å². The van der Waals surface area contributed by atoms with Crippen molar-refractivity contribution < 1.29 is 0 Å². The summed E-state index contributed by atoms with van der Waals surface area (Å²) in [6.45, 7) is 8.76. The SMILES string of the molecule is CCCCCNC(=NC)NCC(CC)CC.I. The summed E-state index contributed by atoms with van der Waals surface area (Å²) in [5.41, 5.74) is 0. The van der Waals surface area contributed by atoms with Crippen LogP contribution in [0.4, 0.5) is 0 Å². The average Bonchev–Trinajstić information content (AvgIpc) is 2.33. The summed E-state index contributed by atoms with van der Waals surface area (Å²) >= 11 is 0. The van der Waals surface area contributed by atoms with Gasteiger partial charge in [-0.3, -0.25) is 4.99 Å². The molecule has 0 spiro atoms. The molecule has 0 aromatic heterocycles. The summed E-state index contributed by atoms with van der Waals surface area (Å²) in [6.07, 6.45) is 6.24. The van der Waals surface area contributed by atoms with E-state index in [0.29, 0.717) is 0 Å². The summed E-state index contributed by atoms with van der Waals surface area (Å²) in [5.74, 6) is 1.71. The van der Waals surface area contributed by atoms with Gasteiger partial charge in [-0.25, -0.2) is 0 Å². The van der Waals surface area contributed by atoms with Crippen LogP contribution in [0, 0.1) is 5.92 Å². The number of nitrogens with zero attached hydrogens (tertiary/aromatic N) is 1. The molecular weight excluding hydrogens is 325 g/mol. The zero-order valence-electron chi connectivity index (χ0n) is 11.9. The van der Waals surface area contributed by atoms with E-state index in [9.17, 15) is 0 Å². The van der Waals surface area contributed by atoms with Crippen LogP contribution in [0.15, 0.2) is 4.99 Å². The molecule has 2 N–H and O–H groups in total. The monoisotopic (exact) mass is 355 g/mol. The van der Waals surface area contributed by atoms with Gasteiger partial charge in [-0.1, -0.05) is 46.5 Å². The molecule has 104 valence electrons. The van der Waals surface area contributed by atoms with Crippen molar-refractivity contribution in [2.75, 3.05) is 20.1 Å². The molecular formula is C13H30IN3. The third-order valence-corrected chi connectivity index (χ3v) is 3.01. The Morgan fingerprint density at radius 2 is 1.71 bits per heavy atom. The topological polar surface area (TPSA) is 36.4 Å². The van der Waals surface area contributed by atoms with E-state index in [4.69, 9.17) is 0 Å². The Bertz CT molecular complexity index is 180. The first-order valence-corrected chi connectivity index (χ1v) is 6.72. The molecule has 4 heteroatoms. The van der Waals surface area contributed by atoms with Gasteiger partial charge in [0.15, 0.2) is 5.96 Å². The lowest BCUT2D eigenvalue weighted by Crippen LogP contribution is -2.40. The Hall–Kier alpha value is 0. The van der Waals surface area contributed by atoms with Crippen molar-refractivity contribution in [1.29, 1.82) is 0 Å². The average molecular weight is 355 g/mol. The number of aliphatic imine (C=N–C) groups is 1. The van der Waals surface area contributed by atoms with E-state index < -0.39 is 0 Å². The molecule has 0 atom stereocenters. The molecule has 17 heavy (non-hydrogen) atoms. The Balaban J connectivity index is 0. The molecule has 0 saturated carbocycles. The maximum absolute atomic E-state index is 4.22. The Labute approximate surface area is 124 Å². The second kappa shape index (κ2) is 14.1. The lowest BCUT2D eigenvalue weighted by Gasteiger charge is -2.16. The number of halogens is 1. The van der Waals surface area contributed by atoms with Crippen molar-refractivity contribution in [2.24, 2.45) is 10.9 Å². The van der Waals surface area contributed by atoms with Crippen molar-refractivity contribution in [1.82, 2.24) is 10.6 Å². The first kappa shape index (κ1) is 19.3. The molecule has 3 nitrogen and oxygen atoms in total. The highest BCUT2D eigenvalue weighted by Gasteiger charge is 2.04. The fraction of sp³-hybridized carbons (Fsp3) is 0.923. The van der Waals surface area contributed by atoms with Gasteiger partial charge in [0.2, 0.25) is 0 Å². The molecule has 0 unspecified atom stereocenters. The van der Waals surface area contributed by atoms with E-state index in [-0.39, 0.29) is 24.0 Å². The quantitative estimate of drug-likeness (QED) is 0.303. The van der Waals surface area contributed by atoms with Crippen LogP contribution < -0.4 is 10.6 Å². The highest BCUT2D eigenvalue weighted by atomic mass is 127. The molecule has 0 aliphatic heterocycles. The number of guanidine groups is 1. The van der Waals surface area contributed by atoms with Crippen molar-refractivity contribution in [3.05, 3.63) is 0 Å². The maximum atomic E-state index is 4.22. The minimum Gasteiger partial charge on any atom is -0.356 e. The number of unbranched alkanes of at least 4 members (excludes halogenated alkanes) is 2. The van der Waals surface area contributed by atoms with Crippen molar-refractivity contribution >= 4 is 29.9 Å².